The van der Waals surface area contributed by atoms with Gasteiger partial charge in [-0.25, -0.2) is 0 Å². The molecule has 0 fully saturated rings. The van der Waals surface area contributed by atoms with E-state index in [0.717, 1.165) is 27.5 Å². The molecule has 4 rings (SSSR count). The second-order valence-corrected chi connectivity index (χ2v) is 8.64. The van der Waals surface area contributed by atoms with Crippen molar-refractivity contribution in [2.24, 2.45) is 4.40 Å². The lowest BCUT2D eigenvalue weighted by atomic mass is 10.0. The van der Waals surface area contributed by atoms with Crippen molar-refractivity contribution in [2.45, 2.75) is 11.8 Å². The van der Waals surface area contributed by atoms with Crippen LogP contribution in [-0.4, -0.2) is 14.1 Å². The summed E-state index contributed by atoms with van der Waals surface area (Å²) in [6.45, 7) is 1.92. The van der Waals surface area contributed by atoms with Gasteiger partial charge in [0.05, 0.1) is 10.6 Å². The van der Waals surface area contributed by atoms with Crippen LogP contribution in [0, 0.1) is 6.92 Å². The number of hydrogen-bond acceptors (Lipinski definition) is 2. The van der Waals surface area contributed by atoms with Crippen molar-refractivity contribution in [3.8, 4) is 0 Å². The first-order chi connectivity index (χ1) is 14.5. The molecule has 0 aliphatic heterocycles. The average Bonchev–Trinajstić information content (AvgIpc) is 2.77. The minimum absolute atomic E-state index is 0.181. The van der Waals surface area contributed by atoms with Crippen LogP contribution in [0.2, 0.25) is 0 Å². The molecule has 0 saturated heterocycles. The SMILES string of the molecule is Cc1ccc(S(=O)(=O)/N=C(/C=C/c2cccc3ccccc23)c2ccccc2)cc1. The number of benzene rings is 4. The van der Waals surface area contributed by atoms with E-state index in [1.807, 2.05) is 67.6 Å². The Hall–Kier alpha value is -3.50. The van der Waals surface area contributed by atoms with Gasteiger partial charge in [-0.3, -0.25) is 0 Å². The first kappa shape index (κ1) is 19.8. The minimum atomic E-state index is -3.83. The number of fused-ring (bicyclic) bond motifs is 1. The van der Waals surface area contributed by atoms with E-state index in [-0.39, 0.29) is 4.90 Å². The molecule has 4 aromatic rings. The molecule has 0 atom stereocenters. The number of hydrogen-bond donors (Lipinski definition) is 0. The molecule has 0 spiro atoms. The topological polar surface area (TPSA) is 46.5 Å². The average molecular weight is 412 g/mol. The summed E-state index contributed by atoms with van der Waals surface area (Å²) in [7, 11) is -3.83. The van der Waals surface area contributed by atoms with Crippen LogP contribution in [0.5, 0.6) is 0 Å². The standard InChI is InChI=1S/C26H21NO2S/c1-20-14-17-24(18-15-20)30(28,29)27-26(23-9-3-2-4-10-23)19-16-22-12-7-11-21-8-5-6-13-25(21)22/h2-19H,1H3/b19-16+,27-26-. The molecule has 0 aromatic heterocycles. The molecule has 148 valence electrons. The van der Waals surface area contributed by atoms with Crippen LogP contribution in [0.1, 0.15) is 16.7 Å². The molecule has 3 nitrogen and oxygen atoms in total. The molecule has 30 heavy (non-hydrogen) atoms. The van der Waals surface area contributed by atoms with Crippen molar-refractivity contribution in [3.05, 3.63) is 120 Å². The largest absolute Gasteiger partial charge is 0.282 e. The number of rotatable bonds is 5. The third-order valence-electron chi connectivity index (χ3n) is 4.85. The molecule has 4 aromatic carbocycles. The zero-order valence-electron chi connectivity index (χ0n) is 16.6. The molecule has 0 heterocycles. The Morgan fingerprint density at radius 2 is 1.43 bits per heavy atom. The maximum Gasteiger partial charge on any atom is 0.282 e. The second-order valence-electron chi connectivity index (χ2n) is 7.03. The molecule has 0 unspecified atom stereocenters. The molecule has 0 saturated carbocycles. The molecular formula is C26H21NO2S. The fourth-order valence-electron chi connectivity index (χ4n) is 3.25. The zero-order chi connectivity index (χ0) is 21.0. The highest BCUT2D eigenvalue weighted by Crippen LogP contribution is 2.21. The summed E-state index contributed by atoms with van der Waals surface area (Å²) >= 11 is 0. The van der Waals surface area contributed by atoms with Crippen molar-refractivity contribution >= 4 is 32.6 Å². The third-order valence-corrected chi connectivity index (χ3v) is 6.16. The Balaban J connectivity index is 1.80. The summed E-state index contributed by atoms with van der Waals surface area (Å²) in [5, 5.41) is 2.23. The van der Waals surface area contributed by atoms with Gasteiger partial charge in [0.25, 0.3) is 10.0 Å². The lowest BCUT2D eigenvalue weighted by molar-refractivity contribution is 0.598. The zero-order valence-corrected chi connectivity index (χ0v) is 17.4. The number of aryl methyl sites for hydroxylation is 1. The van der Waals surface area contributed by atoms with E-state index >= 15 is 0 Å². The highest BCUT2D eigenvalue weighted by Gasteiger charge is 2.14. The highest BCUT2D eigenvalue weighted by atomic mass is 32.2. The molecular weight excluding hydrogens is 390 g/mol. The van der Waals surface area contributed by atoms with Crippen molar-refractivity contribution in [1.82, 2.24) is 0 Å². The van der Waals surface area contributed by atoms with Gasteiger partial charge in [-0.2, -0.15) is 12.8 Å². The Morgan fingerprint density at radius 1 is 0.767 bits per heavy atom. The second kappa shape index (κ2) is 8.47. The molecule has 0 N–H and O–H groups in total. The summed E-state index contributed by atoms with van der Waals surface area (Å²) in [6, 6.07) is 30.2. The molecule has 0 radical (unpaired) electrons. The fraction of sp³-hybridized carbons (Fsp3) is 0.0385. The lowest BCUT2D eigenvalue weighted by Crippen LogP contribution is -2.04. The van der Waals surface area contributed by atoms with Gasteiger partial charge in [0.1, 0.15) is 0 Å². The van der Waals surface area contributed by atoms with Gasteiger partial charge in [-0.15, -0.1) is 0 Å². The number of nitrogens with zero attached hydrogens (tertiary/aromatic N) is 1. The minimum Gasteiger partial charge on any atom is -0.199 e. The first-order valence-electron chi connectivity index (χ1n) is 9.66. The lowest BCUT2D eigenvalue weighted by Gasteiger charge is -2.05. The monoisotopic (exact) mass is 411 g/mol. The summed E-state index contributed by atoms with van der Waals surface area (Å²) in [5.74, 6) is 0. The van der Waals surface area contributed by atoms with Crippen LogP contribution in [0.3, 0.4) is 0 Å². The Bertz CT molecular complexity index is 1330. The maximum absolute atomic E-state index is 12.9. The number of sulfonamides is 1. The smallest absolute Gasteiger partial charge is 0.199 e. The van der Waals surface area contributed by atoms with Gasteiger partial charge in [0, 0.05) is 5.56 Å². The Kier molecular flexibility index (Phi) is 5.59. The van der Waals surface area contributed by atoms with Gasteiger partial charge < -0.3 is 0 Å². The van der Waals surface area contributed by atoms with Crippen LogP contribution in [-0.2, 0) is 10.0 Å². The predicted octanol–water partition coefficient (Wildman–Crippen LogP) is 6.04. The Morgan fingerprint density at radius 3 is 2.20 bits per heavy atom. The van der Waals surface area contributed by atoms with Crippen LogP contribution >= 0.6 is 0 Å². The van der Waals surface area contributed by atoms with Gasteiger partial charge in [-0.05, 0) is 41.5 Å². The van der Waals surface area contributed by atoms with Crippen LogP contribution in [0.15, 0.2) is 112 Å². The van der Waals surface area contributed by atoms with E-state index in [9.17, 15) is 8.42 Å². The molecule has 0 aliphatic carbocycles. The quantitative estimate of drug-likeness (QED) is 0.376. The Labute approximate surface area is 177 Å². The van der Waals surface area contributed by atoms with E-state index in [1.165, 1.54) is 0 Å². The van der Waals surface area contributed by atoms with Gasteiger partial charge in [-0.1, -0.05) is 96.6 Å². The van der Waals surface area contributed by atoms with Crippen LogP contribution < -0.4 is 0 Å². The summed E-state index contributed by atoms with van der Waals surface area (Å²) in [6.07, 6.45) is 3.68. The van der Waals surface area contributed by atoms with E-state index in [0.29, 0.717) is 5.71 Å². The van der Waals surface area contributed by atoms with E-state index in [1.54, 1.807) is 30.3 Å². The van der Waals surface area contributed by atoms with Crippen molar-refractivity contribution < 1.29 is 8.42 Å². The third kappa shape index (κ3) is 4.39. The molecule has 0 amide bonds. The summed E-state index contributed by atoms with van der Waals surface area (Å²) in [5.41, 5.74) is 3.13. The molecule has 0 aliphatic rings. The molecule has 4 heteroatoms. The predicted molar refractivity (Wildman–Crippen MR) is 124 cm³/mol. The number of allylic oxidation sites excluding steroid dienone is 1. The van der Waals surface area contributed by atoms with Gasteiger partial charge in [0.2, 0.25) is 0 Å². The summed E-state index contributed by atoms with van der Waals surface area (Å²) in [4.78, 5) is 0.181. The van der Waals surface area contributed by atoms with Crippen LogP contribution in [0.4, 0.5) is 0 Å². The van der Waals surface area contributed by atoms with Crippen LogP contribution in [0.25, 0.3) is 16.8 Å². The fourth-order valence-corrected chi connectivity index (χ4v) is 4.26. The van der Waals surface area contributed by atoms with Gasteiger partial charge >= 0.3 is 0 Å². The van der Waals surface area contributed by atoms with Crippen molar-refractivity contribution in [2.75, 3.05) is 0 Å². The molecule has 0 bridgehead atoms. The normalized spacial score (nSPS) is 12.5. The first-order valence-corrected chi connectivity index (χ1v) is 11.1. The summed E-state index contributed by atoms with van der Waals surface area (Å²) < 4.78 is 30.0. The van der Waals surface area contributed by atoms with E-state index in [2.05, 4.69) is 22.6 Å². The van der Waals surface area contributed by atoms with E-state index in [4.69, 9.17) is 0 Å². The highest BCUT2D eigenvalue weighted by molar-refractivity contribution is 7.90. The van der Waals surface area contributed by atoms with E-state index < -0.39 is 10.0 Å². The van der Waals surface area contributed by atoms with Crippen molar-refractivity contribution in [1.29, 1.82) is 0 Å². The van der Waals surface area contributed by atoms with Gasteiger partial charge in [0.15, 0.2) is 0 Å². The van der Waals surface area contributed by atoms with Crippen molar-refractivity contribution in [3.63, 3.8) is 0 Å². The maximum atomic E-state index is 12.9.